The molecule has 15 heavy (non-hydrogen) atoms. The first-order valence-corrected chi connectivity index (χ1v) is 4.10. The van der Waals surface area contributed by atoms with Crippen LogP contribution in [0.2, 0.25) is 0 Å². The minimum atomic E-state index is 0.146. The van der Waals surface area contributed by atoms with Gasteiger partial charge < -0.3 is 5.73 Å². The Balaban J connectivity index is 2.49. The molecule has 2 aromatic rings. The molecule has 0 bridgehead atoms. The standard InChI is InChI=1S/C9H6N6/c10-3-6-4-14-9(15-8(6)11)7-5-12-1-2-13-7/h1-2,4-5H,(H2,11,14,15). The van der Waals surface area contributed by atoms with E-state index in [9.17, 15) is 0 Å². The van der Waals surface area contributed by atoms with Gasteiger partial charge in [0.15, 0.2) is 5.82 Å². The predicted octanol–water partition coefficient (Wildman–Crippen LogP) is 0.387. The molecule has 0 unspecified atom stereocenters. The van der Waals surface area contributed by atoms with Crippen molar-refractivity contribution in [2.45, 2.75) is 0 Å². The summed E-state index contributed by atoms with van der Waals surface area (Å²) < 4.78 is 0. The van der Waals surface area contributed by atoms with E-state index in [0.717, 1.165) is 0 Å². The minimum Gasteiger partial charge on any atom is -0.382 e. The Morgan fingerprint density at radius 1 is 1.20 bits per heavy atom. The second-order valence-corrected chi connectivity index (χ2v) is 2.69. The summed E-state index contributed by atoms with van der Waals surface area (Å²) in [6.07, 6.45) is 5.98. The first kappa shape index (κ1) is 9.02. The highest BCUT2D eigenvalue weighted by molar-refractivity contribution is 5.54. The quantitative estimate of drug-likeness (QED) is 0.711. The molecule has 0 spiro atoms. The van der Waals surface area contributed by atoms with E-state index in [1.165, 1.54) is 18.6 Å². The van der Waals surface area contributed by atoms with Crippen LogP contribution in [0.1, 0.15) is 5.56 Å². The molecule has 0 amide bonds. The van der Waals surface area contributed by atoms with Crippen LogP contribution in [0.15, 0.2) is 24.8 Å². The van der Waals surface area contributed by atoms with Crippen LogP contribution >= 0.6 is 0 Å². The fourth-order valence-corrected chi connectivity index (χ4v) is 1.02. The van der Waals surface area contributed by atoms with Crippen molar-refractivity contribution >= 4 is 5.82 Å². The molecule has 72 valence electrons. The van der Waals surface area contributed by atoms with Crippen molar-refractivity contribution in [3.63, 3.8) is 0 Å². The first-order chi connectivity index (χ1) is 7.31. The molecule has 6 nitrogen and oxygen atoms in total. The summed E-state index contributed by atoms with van der Waals surface area (Å²) in [5, 5.41) is 8.64. The average Bonchev–Trinajstić information content (AvgIpc) is 2.30. The number of rotatable bonds is 1. The lowest BCUT2D eigenvalue weighted by Crippen LogP contribution is -2.00. The summed E-state index contributed by atoms with van der Waals surface area (Å²) in [7, 11) is 0. The van der Waals surface area contributed by atoms with Crippen molar-refractivity contribution in [1.82, 2.24) is 19.9 Å². The zero-order valence-corrected chi connectivity index (χ0v) is 7.62. The molecule has 2 aromatic heterocycles. The third kappa shape index (κ3) is 1.71. The minimum absolute atomic E-state index is 0.146. The summed E-state index contributed by atoms with van der Waals surface area (Å²) >= 11 is 0. The van der Waals surface area contributed by atoms with Crippen molar-refractivity contribution in [3.05, 3.63) is 30.4 Å². The molecule has 0 aliphatic rings. The van der Waals surface area contributed by atoms with Gasteiger partial charge >= 0.3 is 0 Å². The van der Waals surface area contributed by atoms with E-state index in [1.807, 2.05) is 6.07 Å². The van der Waals surface area contributed by atoms with E-state index < -0.39 is 0 Å². The molecule has 0 fully saturated rings. The Kier molecular flexibility index (Phi) is 2.21. The lowest BCUT2D eigenvalue weighted by Gasteiger charge is -1.99. The van der Waals surface area contributed by atoms with Crippen LogP contribution in [-0.2, 0) is 0 Å². The summed E-state index contributed by atoms with van der Waals surface area (Å²) in [6.45, 7) is 0. The van der Waals surface area contributed by atoms with Gasteiger partial charge in [-0.3, -0.25) is 4.98 Å². The van der Waals surface area contributed by atoms with E-state index >= 15 is 0 Å². The summed E-state index contributed by atoms with van der Waals surface area (Å²) in [5.41, 5.74) is 6.32. The van der Waals surface area contributed by atoms with Crippen LogP contribution < -0.4 is 5.73 Å². The normalized spacial score (nSPS) is 9.53. The molecule has 0 saturated heterocycles. The number of nitriles is 1. The summed E-state index contributed by atoms with van der Waals surface area (Å²) in [4.78, 5) is 15.8. The highest BCUT2D eigenvalue weighted by atomic mass is 15.0. The number of anilines is 1. The zero-order valence-electron chi connectivity index (χ0n) is 7.62. The van der Waals surface area contributed by atoms with E-state index in [1.54, 1.807) is 6.20 Å². The molecule has 2 rings (SSSR count). The fraction of sp³-hybridized carbons (Fsp3) is 0. The predicted molar refractivity (Wildman–Crippen MR) is 52.2 cm³/mol. The SMILES string of the molecule is N#Cc1cnc(-c2cnccn2)nc1N. The van der Waals surface area contributed by atoms with Crippen molar-refractivity contribution in [1.29, 1.82) is 5.26 Å². The fourth-order valence-electron chi connectivity index (χ4n) is 1.02. The zero-order chi connectivity index (χ0) is 10.7. The summed E-state index contributed by atoms with van der Waals surface area (Å²) in [5.74, 6) is 0.507. The van der Waals surface area contributed by atoms with E-state index in [2.05, 4.69) is 19.9 Å². The van der Waals surface area contributed by atoms with Gasteiger partial charge in [-0.05, 0) is 0 Å². The number of hydrogen-bond acceptors (Lipinski definition) is 6. The van der Waals surface area contributed by atoms with E-state index in [-0.39, 0.29) is 11.4 Å². The molecule has 2 N–H and O–H groups in total. The molecule has 0 aromatic carbocycles. The molecular weight excluding hydrogens is 192 g/mol. The van der Waals surface area contributed by atoms with Crippen molar-refractivity contribution < 1.29 is 0 Å². The Morgan fingerprint density at radius 3 is 2.67 bits per heavy atom. The second-order valence-electron chi connectivity index (χ2n) is 2.69. The first-order valence-electron chi connectivity index (χ1n) is 4.10. The average molecular weight is 198 g/mol. The van der Waals surface area contributed by atoms with Gasteiger partial charge in [-0.2, -0.15) is 5.26 Å². The summed E-state index contributed by atoms with van der Waals surface area (Å²) in [6, 6.07) is 1.89. The van der Waals surface area contributed by atoms with Crippen LogP contribution in [0.5, 0.6) is 0 Å². The van der Waals surface area contributed by atoms with E-state index in [0.29, 0.717) is 11.5 Å². The Morgan fingerprint density at radius 2 is 2.07 bits per heavy atom. The van der Waals surface area contributed by atoms with Crippen LogP contribution in [0.4, 0.5) is 5.82 Å². The van der Waals surface area contributed by atoms with Gasteiger partial charge in [-0.25, -0.2) is 15.0 Å². The number of nitrogens with two attached hydrogens (primary N) is 1. The van der Waals surface area contributed by atoms with Gasteiger partial charge in [0, 0.05) is 12.4 Å². The molecule has 0 saturated carbocycles. The Hall–Kier alpha value is -2.55. The molecular formula is C9H6N6. The van der Waals surface area contributed by atoms with Gasteiger partial charge in [-0.1, -0.05) is 0 Å². The van der Waals surface area contributed by atoms with Crippen molar-refractivity contribution in [2.24, 2.45) is 0 Å². The highest BCUT2D eigenvalue weighted by Gasteiger charge is 2.06. The lowest BCUT2D eigenvalue weighted by atomic mass is 10.3. The monoisotopic (exact) mass is 198 g/mol. The van der Waals surface area contributed by atoms with Crippen molar-refractivity contribution in [3.8, 4) is 17.6 Å². The largest absolute Gasteiger partial charge is 0.382 e. The Bertz CT molecular complexity index is 516. The van der Waals surface area contributed by atoms with Crippen LogP contribution in [-0.4, -0.2) is 19.9 Å². The topological polar surface area (TPSA) is 101 Å². The molecule has 0 aliphatic heterocycles. The number of hydrogen-bond donors (Lipinski definition) is 1. The van der Waals surface area contributed by atoms with Gasteiger partial charge in [0.1, 0.15) is 23.1 Å². The molecule has 2 heterocycles. The smallest absolute Gasteiger partial charge is 0.181 e. The van der Waals surface area contributed by atoms with Gasteiger partial charge in [-0.15, -0.1) is 0 Å². The second kappa shape index (κ2) is 3.67. The van der Waals surface area contributed by atoms with Crippen LogP contribution in [0.3, 0.4) is 0 Å². The van der Waals surface area contributed by atoms with Gasteiger partial charge in [0.05, 0.1) is 12.4 Å². The van der Waals surface area contributed by atoms with Crippen LogP contribution in [0, 0.1) is 11.3 Å². The maximum atomic E-state index is 8.64. The maximum Gasteiger partial charge on any atom is 0.181 e. The number of nitrogen functional groups attached to an aromatic ring is 1. The molecule has 0 radical (unpaired) electrons. The van der Waals surface area contributed by atoms with Crippen molar-refractivity contribution in [2.75, 3.05) is 5.73 Å². The van der Waals surface area contributed by atoms with Gasteiger partial charge in [0.2, 0.25) is 0 Å². The number of aromatic nitrogens is 4. The third-order valence-corrected chi connectivity index (χ3v) is 1.73. The maximum absolute atomic E-state index is 8.64. The van der Waals surface area contributed by atoms with E-state index in [4.69, 9.17) is 11.0 Å². The lowest BCUT2D eigenvalue weighted by molar-refractivity contribution is 1.11. The number of nitrogens with zero attached hydrogens (tertiary/aromatic N) is 5. The highest BCUT2D eigenvalue weighted by Crippen LogP contribution is 2.13. The Labute approximate surface area is 85.5 Å². The molecule has 0 aliphatic carbocycles. The molecule has 0 atom stereocenters. The van der Waals surface area contributed by atoms with Crippen LogP contribution in [0.25, 0.3) is 11.5 Å². The van der Waals surface area contributed by atoms with Gasteiger partial charge in [0.25, 0.3) is 0 Å². The molecule has 6 heteroatoms. The third-order valence-electron chi connectivity index (χ3n) is 1.73.